The van der Waals surface area contributed by atoms with Crippen LogP contribution in [0.4, 0.5) is 10.6 Å². The van der Waals surface area contributed by atoms with Gasteiger partial charge in [0.15, 0.2) is 0 Å². The van der Waals surface area contributed by atoms with E-state index in [1.54, 1.807) is 4.90 Å². The SMILES string of the molecule is O=C(O)[C@@H](CN1CCN(CCCc2ccc3c(n2)NCCC3)C1=O)c1ccc2c(c1)OCC2. The maximum absolute atomic E-state index is 12.9. The van der Waals surface area contributed by atoms with Crippen LogP contribution in [0.25, 0.3) is 0 Å². The van der Waals surface area contributed by atoms with Gasteiger partial charge in [-0.05, 0) is 54.5 Å². The number of fused-ring (bicyclic) bond motifs is 2. The molecule has 8 heteroatoms. The van der Waals surface area contributed by atoms with Gasteiger partial charge in [-0.1, -0.05) is 18.2 Å². The van der Waals surface area contributed by atoms with Crippen LogP contribution in [0.1, 0.15) is 41.1 Å². The van der Waals surface area contributed by atoms with Crippen LogP contribution in [0.15, 0.2) is 30.3 Å². The van der Waals surface area contributed by atoms with Crippen LogP contribution in [0, 0.1) is 0 Å². The zero-order valence-electron chi connectivity index (χ0n) is 18.8. The number of carbonyl (C=O) groups is 2. The second-order valence-corrected chi connectivity index (χ2v) is 9.02. The van der Waals surface area contributed by atoms with Gasteiger partial charge < -0.3 is 25.0 Å². The number of hydrogen-bond acceptors (Lipinski definition) is 5. The number of aromatic nitrogens is 1. The highest BCUT2D eigenvalue weighted by Crippen LogP contribution is 2.30. The van der Waals surface area contributed by atoms with Gasteiger partial charge in [0.05, 0.1) is 12.5 Å². The quantitative estimate of drug-likeness (QED) is 0.642. The van der Waals surface area contributed by atoms with Gasteiger partial charge in [0.1, 0.15) is 11.6 Å². The summed E-state index contributed by atoms with van der Waals surface area (Å²) in [6.45, 7) is 3.58. The number of rotatable bonds is 8. The first-order valence-electron chi connectivity index (χ1n) is 11.8. The first-order chi connectivity index (χ1) is 16.1. The molecular weight excluding hydrogens is 420 g/mol. The molecule has 3 aliphatic rings. The molecule has 2 amide bonds. The van der Waals surface area contributed by atoms with Gasteiger partial charge in [-0.2, -0.15) is 0 Å². The van der Waals surface area contributed by atoms with E-state index in [2.05, 4.69) is 17.4 Å². The molecule has 1 saturated heterocycles. The van der Waals surface area contributed by atoms with Crippen LogP contribution in [0.5, 0.6) is 5.75 Å². The van der Waals surface area contributed by atoms with E-state index in [-0.39, 0.29) is 12.6 Å². The zero-order valence-corrected chi connectivity index (χ0v) is 18.8. The molecule has 1 atom stereocenters. The van der Waals surface area contributed by atoms with Gasteiger partial charge in [0, 0.05) is 44.8 Å². The number of urea groups is 1. The second-order valence-electron chi connectivity index (χ2n) is 9.02. The normalized spacial score (nSPS) is 17.9. The maximum atomic E-state index is 12.9. The highest BCUT2D eigenvalue weighted by molar-refractivity contribution is 5.80. The van der Waals surface area contributed by atoms with Crippen LogP contribution in [0.3, 0.4) is 0 Å². The molecule has 0 spiro atoms. The highest BCUT2D eigenvalue weighted by Gasteiger charge is 2.33. The Bertz CT molecular complexity index is 1060. The predicted molar refractivity (Wildman–Crippen MR) is 124 cm³/mol. The number of amides is 2. The van der Waals surface area contributed by atoms with Crippen LogP contribution in [-0.4, -0.2) is 71.2 Å². The van der Waals surface area contributed by atoms with Crippen LogP contribution >= 0.6 is 0 Å². The Labute approximate surface area is 193 Å². The van der Waals surface area contributed by atoms with Crippen molar-refractivity contribution in [2.75, 3.05) is 44.6 Å². The lowest BCUT2D eigenvalue weighted by Crippen LogP contribution is -2.36. The number of aliphatic carboxylic acids is 1. The number of carboxylic acids is 1. The van der Waals surface area contributed by atoms with Gasteiger partial charge in [0.2, 0.25) is 0 Å². The Morgan fingerprint density at radius 1 is 1.15 bits per heavy atom. The molecule has 0 bridgehead atoms. The summed E-state index contributed by atoms with van der Waals surface area (Å²) in [5.74, 6) is 0.0693. The van der Waals surface area contributed by atoms with Crippen LogP contribution < -0.4 is 10.1 Å². The van der Waals surface area contributed by atoms with E-state index >= 15 is 0 Å². The maximum Gasteiger partial charge on any atom is 0.320 e. The fraction of sp³-hybridized carbons (Fsp3) is 0.480. The minimum absolute atomic E-state index is 0.0845. The van der Waals surface area contributed by atoms with Gasteiger partial charge in [-0.3, -0.25) is 4.79 Å². The molecule has 33 heavy (non-hydrogen) atoms. The van der Waals surface area contributed by atoms with Crippen molar-refractivity contribution in [2.24, 2.45) is 0 Å². The van der Waals surface area contributed by atoms with Crippen molar-refractivity contribution in [2.45, 2.75) is 38.0 Å². The second kappa shape index (κ2) is 9.29. The zero-order chi connectivity index (χ0) is 22.8. The fourth-order valence-corrected chi connectivity index (χ4v) is 4.91. The predicted octanol–water partition coefficient (Wildman–Crippen LogP) is 2.91. The Balaban J connectivity index is 1.16. The molecule has 174 valence electrons. The summed E-state index contributed by atoms with van der Waals surface area (Å²) in [5.41, 5.74) is 4.10. The highest BCUT2D eigenvalue weighted by atomic mass is 16.5. The number of pyridine rings is 1. The Hall–Kier alpha value is -3.29. The van der Waals surface area contributed by atoms with Crippen LogP contribution in [-0.2, 0) is 24.1 Å². The number of hydrogen-bond donors (Lipinski definition) is 2. The lowest BCUT2D eigenvalue weighted by Gasteiger charge is -2.22. The van der Waals surface area contributed by atoms with Crippen molar-refractivity contribution in [1.82, 2.24) is 14.8 Å². The molecule has 8 nitrogen and oxygen atoms in total. The summed E-state index contributed by atoms with van der Waals surface area (Å²) >= 11 is 0. The molecule has 1 aromatic carbocycles. The van der Waals surface area contributed by atoms with Gasteiger partial charge in [-0.15, -0.1) is 0 Å². The molecule has 0 aliphatic carbocycles. The number of nitrogens with one attached hydrogen (secondary N) is 1. The van der Waals surface area contributed by atoms with E-state index in [0.29, 0.717) is 31.8 Å². The number of ether oxygens (including phenoxy) is 1. The van der Waals surface area contributed by atoms with Gasteiger partial charge in [0.25, 0.3) is 0 Å². The number of nitrogens with zero attached hydrogens (tertiary/aromatic N) is 3. The van der Waals surface area contributed by atoms with E-state index in [9.17, 15) is 14.7 Å². The van der Waals surface area contributed by atoms with E-state index in [1.165, 1.54) is 5.56 Å². The first kappa shape index (κ1) is 21.6. The monoisotopic (exact) mass is 450 g/mol. The summed E-state index contributed by atoms with van der Waals surface area (Å²) in [5, 5.41) is 13.2. The van der Waals surface area contributed by atoms with Crippen molar-refractivity contribution in [3.8, 4) is 5.75 Å². The van der Waals surface area contributed by atoms with E-state index in [0.717, 1.165) is 61.5 Å². The molecule has 0 radical (unpaired) electrons. The smallest absolute Gasteiger partial charge is 0.320 e. The first-order valence-corrected chi connectivity index (χ1v) is 11.8. The van der Waals surface area contributed by atoms with Gasteiger partial charge >= 0.3 is 12.0 Å². The molecule has 2 N–H and O–H groups in total. The number of carboxylic acid groups (broad SMARTS) is 1. The molecule has 0 unspecified atom stereocenters. The number of carbonyl (C=O) groups excluding carboxylic acids is 1. The molecule has 5 rings (SSSR count). The molecule has 3 aliphatic heterocycles. The van der Waals surface area contributed by atoms with Crippen LogP contribution in [0.2, 0.25) is 0 Å². The van der Waals surface area contributed by atoms with E-state index < -0.39 is 11.9 Å². The third kappa shape index (κ3) is 4.60. The van der Waals surface area contributed by atoms with Gasteiger partial charge in [-0.25, -0.2) is 9.78 Å². The number of benzene rings is 1. The number of anilines is 1. The third-order valence-electron chi connectivity index (χ3n) is 6.82. The summed E-state index contributed by atoms with van der Waals surface area (Å²) in [6, 6.07) is 9.77. The minimum Gasteiger partial charge on any atom is -0.493 e. The Morgan fingerprint density at radius 2 is 2.00 bits per heavy atom. The molecule has 2 aromatic rings. The van der Waals surface area contributed by atoms with E-state index in [4.69, 9.17) is 9.72 Å². The minimum atomic E-state index is -0.925. The summed E-state index contributed by atoms with van der Waals surface area (Å²) in [7, 11) is 0. The summed E-state index contributed by atoms with van der Waals surface area (Å²) in [6.07, 6.45) is 4.71. The number of aryl methyl sites for hydroxylation is 2. The molecule has 1 aromatic heterocycles. The molecule has 1 fully saturated rings. The Kier molecular flexibility index (Phi) is 6.07. The van der Waals surface area contributed by atoms with Crippen molar-refractivity contribution < 1.29 is 19.4 Å². The average Bonchev–Trinajstić information content (AvgIpc) is 3.43. The topological polar surface area (TPSA) is 95.0 Å². The fourth-order valence-electron chi connectivity index (χ4n) is 4.91. The van der Waals surface area contributed by atoms with Crippen molar-refractivity contribution >= 4 is 17.8 Å². The molecule has 0 saturated carbocycles. The summed E-state index contributed by atoms with van der Waals surface area (Å²) in [4.78, 5) is 33.1. The molecular formula is C25H30N4O4. The molecule has 4 heterocycles. The van der Waals surface area contributed by atoms with Crippen molar-refractivity contribution in [3.05, 3.63) is 52.7 Å². The largest absolute Gasteiger partial charge is 0.493 e. The summed E-state index contributed by atoms with van der Waals surface area (Å²) < 4.78 is 5.60. The standard InChI is InChI=1S/C25H30N4O4/c30-24(31)21(19-6-5-17-9-14-33-22(17)15-19)16-29-13-12-28(25(29)32)11-2-4-20-8-7-18-3-1-10-26-23(18)27-20/h5-8,15,21H,1-4,9-14,16H2,(H,26,27)(H,30,31)/t21-/m0/s1. The third-order valence-corrected chi connectivity index (χ3v) is 6.82. The Morgan fingerprint density at radius 3 is 2.88 bits per heavy atom. The lowest BCUT2D eigenvalue weighted by atomic mass is 9.96. The van der Waals surface area contributed by atoms with Crippen molar-refractivity contribution in [3.63, 3.8) is 0 Å². The lowest BCUT2D eigenvalue weighted by molar-refractivity contribution is -0.139. The van der Waals surface area contributed by atoms with Crippen molar-refractivity contribution in [1.29, 1.82) is 0 Å². The average molecular weight is 451 g/mol. The van der Waals surface area contributed by atoms with E-state index in [1.807, 2.05) is 23.1 Å².